The Kier molecular flexibility index (Phi) is 6.72. The molecule has 1 nitrogen and oxygen atoms in total. The Morgan fingerprint density at radius 3 is 2.50 bits per heavy atom. The minimum Gasteiger partial charge on any atom is -0.340 e. The van der Waals surface area contributed by atoms with Gasteiger partial charge < -0.3 is 4.52 Å². The number of hydrogen-bond acceptors (Lipinski definition) is 3. The molecule has 6 heteroatoms. The first-order valence-electron chi connectivity index (χ1n) is 4.84. The van der Waals surface area contributed by atoms with Crippen LogP contribution in [-0.4, -0.2) is 12.2 Å². The Balaban J connectivity index is 2.69. The van der Waals surface area contributed by atoms with E-state index in [0.29, 0.717) is 12.2 Å². The van der Waals surface area contributed by atoms with Gasteiger partial charge in [-0.25, -0.2) is 0 Å². The van der Waals surface area contributed by atoms with Crippen LogP contribution in [0.15, 0.2) is 29.2 Å². The number of halogens is 2. The second-order valence-electron chi connectivity index (χ2n) is 3.11. The van der Waals surface area contributed by atoms with Crippen molar-refractivity contribution in [2.75, 3.05) is 12.2 Å². The topological polar surface area (TPSA) is 9.23 Å². The van der Waals surface area contributed by atoms with E-state index in [2.05, 4.69) is 6.92 Å². The van der Waals surface area contributed by atoms with E-state index in [9.17, 15) is 0 Å². The highest BCUT2D eigenvalue weighted by atomic mass is 35.5. The first-order chi connectivity index (χ1) is 7.59. The van der Waals surface area contributed by atoms with Gasteiger partial charge in [0.2, 0.25) is 0 Å². The SMILES string of the molecule is CCCOP(=S)(CCl)Sc1ccc(Cl)cc1. The summed E-state index contributed by atoms with van der Waals surface area (Å²) in [4.78, 5) is 1.06. The zero-order chi connectivity index (χ0) is 12.0. The Hall–Kier alpha value is 0.760. The number of hydrogen-bond donors (Lipinski definition) is 0. The molecule has 0 N–H and O–H groups in total. The second-order valence-corrected chi connectivity index (χ2v) is 11.4. The third kappa shape index (κ3) is 4.95. The lowest BCUT2D eigenvalue weighted by Gasteiger charge is -2.18. The Morgan fingerprint density at radius 1 is 1.38 bits per heavy atom. The molecule has 1 aromatic rings. The maximum atomic E-state index is 5.90. The van der Waals surface area contributed by atoms with E-state index in [1.165, 1.54) is 0 Å². The van der Waals surface area contributed by atoms with Crippen LogP contribution >= 0.6 is 40.1 Å². The molecule has 0 aliphatic heterocycles. The van der Waals surface area contributed by atoms with Gasteiger partial charge in [0.05, 0.1) is 12.2 Å². The summed E-state index contributed by atoms with van der Waals surface area (Å²) in [6.07, 6.45) is 0.955. The quantitative estimate of drug-likeness (QED) is 0.516. The third-order valence-electron chi connectivity index (χ3n) is 1.70. The highest BCUT2D eigenvalue weighted by Gasteiger charge is 2.18. The molecule has 0 amide bonds. The van der Waals surface area contributed by atoms with Crippen LogP contribution < -0.4 is 0 Å². The largest absolute Gasteiger partial charge is 0.340 e. The van der Waals surface area contributed by atoms with E-state index >= 15 is 0 Å². The summed E-state index contributed by atoms with van der Waals surface area (Å²) in [7, 11) is 0. The van der Waals surface area contributed by atoms with Crippen molar-refractivity contribution >= 4 is 51.9 Å². The van der Waals surface area contributed by atoms with Gasteiger partial charge >= 0.3 is 0 Å². The molecule has 0 aliphatic rings. The minimum absolute atomic E-state index is 0.385. The monoisotopic (exact) mass is 314 g/mol. The molecule has 1 aromatic carbocycles. The molecule has 0 saturated heterocycles. The standard InChI is InChI=1S/C10H13Cl2OPS2/c1-2-7-13-14(15,8-11)16-10-5-3-9(12)4-6-10/h3-6H,2,7-8H2,1H3. The van der Waals surface area contributed by atoms with Crippen molar-refractivity contribution in [3.8, 4) is 0 Å². The molecule has 0 fully saturated rings. The summed E-state index contributed by atoms with van der Waals surface area (Å²) in [5, 5.41) is 0.720. The van der Waals surface area contributed by atoms with E-state index < -0.39 is 5.47 Å². The van der Waals surface area contributed by atoms with Gasteiger partial charge in [0.15, 0.2) is 0 Å². The van der Waals surface area contributed by atoms with Gasteiger partial charge in [0, 0.05) is 9.92 Å². The molecule has 16 heavy (non-hydrogen) atoms. The molecule has 0 aromatic heterocycles. The van der Waals surface area contributed by atoms with Gasteiger partial charge in [-0.1, -0.05) is 41.7 Å². The molecule has 1 atom stereocenters. The molecule has 0 spiro atoms. The highest BCUT2D eigenvalue weighted by molar-refractivity contribution is 8.69. The van der Waals surface area contributed by atoms with E-state index in [1.807, 2.05) is 24.3 Å². The first-order valence-corrected chi connectivity index (χ1v) is 10.1. The van der Waals surface area contributed by atoms with Gasteiger partial charge in [-0.3, -0.25) is 0 Å². The zero-order valence-corrected chi connectivity index (χ0v) is 12.9. The Labute approximate surface area is 116 Å². The third-order valence-corrected chi connectivity index (χ3v) is 8.98. The fourth-order valence-corrected chi connectivity index (χ4v) is 5.81. The van der Waals surface area contributed by atoms with Crippen molar-refractivity contribution in [3.63, 3.8) is 0 Å². The van der Waals surface area contributed by atoms with Crippen LogP contribution in [0.5, 0.6) is 0 Å². The maximum Gasteiger partial charge on any atom is 0.138 e. The van der Waals surface area contributed by atoms with Crippen LogP contribution in [0.3, 0.4) is 0 Å². The van der Waals surface area contributed by atoms with Crippen LogP contribution in [0.4, 0.5) is 0 Å². The van der Waals surface area contributed by atoms with Crippen molar-refractivity contribution in [2.24, 2.45) is 0 Å². The molecule has 90 valence electrons. The minimum atomic E-state index is -1.98. The van der Waals surface area contributed by atoms with Crippen molar-refractivity contribution < 1.29 is 4.52 Å². The molecule has 1 unspecified atom stereocenters. The lowest BCUT2D eigenvalue weighted by molar-refractivity contribution is 0.360. The lowest BCUT2D eigenvalue weighted by Crippen LogP contribution is -1.89. The number of alkyl halides is 1. The van der Waals surface area contributed by atoms with Gasteiger partial charge in [0.1, 0.15) is 5.47 Å². The Bertz CT molecular complexity index is 370. The summed E-state index contributed by atoms with van der Waals surface area (Å²) < 4.78 is 5.69. The summed E-state index contributed by atoms with van der Waals surface area (Å²) in [6, 6.07) is 7.57. The van der Waals surface area contributed by atoms with Crippen LogP contribution in [-0.2, 0) is 16.3 Å². The number of rotatable bonds is 6. The van der Waals surface area contributed by atoms with E-state index in [0.717, 1.165) is 16.3 Å². The smallest absolute Gasteiger partial charge is 0.138 e. The summed E-state index contributed by atoms with van der Waals surface area (Å²) in [5.74, 6) is 0. The van der Waals surface area contributed by atoms with Gasteiger partial charge in [-0.2, -0.15) is 0 Å². The fourth-order valence-electron chi connectivity index (χ4n) is 0.972. The van der Waals surface area contributed by atoms with Crippen molar-refractivity contribution in [1.82, 2.24) is 0 Å². The van der Waals surface area contributed by atoms with E-state index in [-0.39, 0.29) is 0 Å². The van der Waals surface area contributed by atoms with Crippen LogP contribution in [0.2, 0.25) is 5.02 Å². The summed E-state index contributed by atoms with van der Waals surface area (Å²) in [5.41, 5.74) is -1.60. The summed E-state index contributed by atoms with van der Waals surface area (Å²) in [6.45, 7) is 2.73. The zero-order valence-electron chi connectivity index (χ0n) is 8.86. The molecule has 0 aliphatic carbocycles. The van der Waals surface area contributed by atoms with Crippen molar-refractivity contribution in [1.29, 1.82) is 0 Å². The molecular formula is C10H13Cl2OPS2. The predicted octanol–water partition coefficient (Wildman–Crippen LogP) is 5.36. The molecular weight excluding hydrogens is 302 g/mol. The number of benzene rings is 1. The van der Waals surface area contributed by atoms with E-state index in [1.54, 1.807) is 11.4 Å². The van der Waals surface area contributed by atoms with Crippen LogP contribution in [0, 0.1) is 0 Å². The molecule has 1 rings (SSSR count). The maximum absolute atomic E-state index is 5.90. The molecule has 0 radical (unpaired) electrons. The lowest BCUT2D eigenvalue weighted by atomic mass is 10.4. The highest BCUT2D eigenvalue weighted by Crippen LogP contribution is 2.63. The van der Waals surface area contributed by atoms with Crippen LogP contribution in [0.1, 0.15) is 13.3 Å². The average molecular weight is 315 g/mol. The Morgan fingerprint density at radius 2 is 2.00 bits per heavy atom. The normalized spacial score (nSPS) is 14.7. The van der Waals surface area contributed by atoms with Crippen molar-refractivity contribution in [3.05, 3.63) is 29.3 Å². The molecule has 0 heterocycles. The van der Waals surface area contributed by atoms with Gasteiger partial charge in [0.25, 0.3) is 0 Å². The van der Waals surface area contributed by atoms with Crippen molar-refractivity contribution in [2.45, 2.75) is 18.2 Å². The predicted molar refractivity (Wildman–Crippen MR) is 78.6 cm³/mol. The van der Waals surface area contributed by atoms with E-state index in [4.69, 9.17) is 39.5 Å². The molecule has 0 bridgehead atoms. The van der Waals surface area contributed by atoms with Gasteiger partial charge in [-0.05, 0) is 30.7 Å². The summed E-state index contributed by atoms with van der Waals surface area (Å²) >= 11 is 18.7. The van der Waals surface area contributed by atoms with Gasteiger partial charge in [-0.15, -0.1) is 11.6 Å². The molecule has 0 saturated carbocycles. The van der Waals surface area contributed by atoms with Crippen LogP contribution in [0.25, 0.3) is 0 Å². The second kappa shape index (κ2) is 7.25. The fraction of sp³-hybridized carbons (Fsp3) is 0.400. The first kappa shape index (κ1) is 14.8. The average Bonchev–Trinajstić information content (AvgIpc) is 2.30.